The third-order valence-corrected chi connectivity index (χ3v) is 7.01. The second-order valence-electron chi connectivity index (χ2n) is 9.33. The number of nitrogens with zero attached hydrogens (tertiary/aromatic N) is 2. The van der Waals surface area contributed by atoms with E-state index in [0.717, 1.165) is 42.6 Å². The molecule has 0 unspecified atom stereocenters. The topological polar surface area (TPSA) is 54.5 Å². The molecule has 5 nitrogen and oxygen atoms in total. The van der Waals surface area contributed by atoms with Gasteiger partial charge in [-0.15, -0.1) is 0 Å². The fourth-order valence-electron chi connectivity index (χ4n) is 5.01. The van der Waals surface area contributed by atoms with Gasteiger partial charge >= 0.3 is 0 Å². The first-order valence-corrected chi connectivity index (χ1v) is 12.4. The maximum atomic E-state index is 13.4. The molecule has 2 fully saturated rings. The highest BCUT2D eigenvalue weighted by Crippen LogP contribution is 2.32. The monoisotopic (exact) mass is 481 g/mol. The van der Waals surface area contributed by atoms with Gasteiger partial charge in [0.2, 0.25) is 0 Å². The third kappa shape index (κ3) is 5.03. The molecule has 3 aromatic rings. The number of rotatable bonds is 7. The van der Waals surface area contributed by atoms with Gasteiger partial charge in [-0.25, -0.2) is 9.37 Å². The Hall–Kier alpha value is -2.70. The van der Waals surface area contributed by atoms with Crippen molar-refractivity contribution in [3.8, 4) is 17.0 Å². The molecule has 2 aliphatic rings. The highest BCUT2D eigenvalue weighted by Gasteiger charge is 2.34. The van der Waals surface area contributed by atoms with Crippen molar-refractivity contribution in [2.24, 2.45) is 5.92 Å². The van der Waals surface area contributed by atoms with Gasteiger partial charge in [-0.1, -0.05) is 17.7 Å². The number of pyridine rings is 1. The van der Waals surface area contributed by atoms with Crippen LogP contribution < -0.4 is 10.1 Å². The van der Waals surface area contributed by atoms with E-state index in [0.29, 0.717) is 47.3 Å². The summed E-state index contributed by atoms with van der Waals surface area (Å²) in [6.45, 7) is 4.86. The average Bonchev–Trinajstić information content (AvgIpc) is 3.22. The molecule has 1 aliphatic heterocycles. The van der Waals surface area contributed by atoms with Crippen LogP contribution in [0.25, 0.3) is 22.2 Å². The summed E-state index contributed by atoms with van der Waals surface area (Å²) in [5.41, 5.74) is 2.89. The molecule has 0 bridgehead atoms. The number of benzene rings is 2. The Morgan fingerprint density at radius 2 is 2.00 bits per heavy atom. The Kier molecular flexibility index (Phi) is 6.70. The summed E-state index contributed by atoms with van der Waals surface area (Å²) in [6, 6.07) is 15.1. The highest BCUT2D eigenvalue weighted by molar-refractivity contribution is 6.31. The fourth-order valence-corrected chi connectivity index (χ4v) is 5.17. The molecule has 1 amide bonds. The van der Waals surface area contributed by atoms with Crippen molar-refractivity contribution in [1.82, 2.24) is 15.2 Å². The number of amides is 1. The van der Waals surface area contributed by atoms with Crippen LogP contribution in [0.5, 0.6) is 5.75 Å². The molecule has 2 aromatic carbocycles. The van der Waals surface area contributed by atoms with Crippen LogP contribution in [-0.2, 0) is 0 Å². The molecule has 1 aliphatic carbocycles. The zero-order chi connectivity index (χ0) is 23.7. The number of likely N-dealkylation sites (tertiary alicyclic amines) is 1. The van der Waals surface area contributed by atoms with E-state index in [-0.39, 0.29) is 11.9 Å². The number of carbonyl (C=O) groups excluding carboxylic acids is 1. The van der Waals surface area contributed by atoms with E-state index in [9.17, 15) is 9.18 Å². The van der Waals surface area contributed by atoms with Gasteiger partial charge in [-0.3, -0.25) is 4.79 Å². The lowest BCUT2D eigenvalue weighted by molar-refractivity contribution is 0.0867. The van der Waals surface area contributed by atoms with Gasteiger partial charge in [-0.2, -0.15) is 0 Å². The number of fused-ring (bicyclic) bond motifs is 1. The molecule has 7 heteroatoms. The van der Waals surface area contributed by atoms with Gasteiger partial charge < -0.3 is 15.0 Å². The number of carbonyl (C=O) groups is 1. The van der Waals surface area contributed by atoms with Crippen LogP contribution in [0.15, 0.2) is 48.5 Å². The Bertz CT molecular complexity index is 1180. The van der Waals surface area contributed by atoms with Crippen molar-refractivity contribution in [2.45, 2.75) is 38.4 Å². The largest absolute Gasteiger partial charge is 0.494 e. The molecule has 0 radical (unpaired) electrons. The predicted molar refractivity (Wildman–Crippen MR) is 133 cm³/mol. The van der Waals surface area contributed by atoms with Crippen LogP contribution >= 0.6 is 11.6 Å². The smallest absolute Gasteiger partial charge is 0.252 e. The van der Waals surface area contributed by atoms with Crippen LogP contribution in [-0.4, -0.2) is 54.2 Å². The molecular weight excluding hydrogens is 453 g/mol. The van der Waals surface area contributed by atoms with Crippen molar-refractivity contribution in [3.63, 3.8) is 0 Å². The fraction of sp³-hybridized carbons (Fsp3) is 0.407. The summed E-state index contributed by atoms with van der Waals surface area (Å²) >= 11 is 6.23. The summed E-state index contributed by atoms with van der Waals surface area (Å²) in [4.78, 5) is 20.3. The van der Waals surface area contributed by atoms with Crippen LogP contribution in [0.3, 0.4) is 0 Å². The lowest BCUT2D eigenvalue weighted by Gasteiger charge is -2.38. The first-order chi connectivity index (χ1) is 16.5. The summed E-state index contributed by atoms with van der Waals surface area (Å²) in [5.74, 6) is 1.21. The first-order valence-electron chi connectivity index (χ1n) is 12.0. The number of aromatic nitrogens is 1. The van der Waals surface area contributed by atoms with E-state index in [2.05, 4.69) is 10.2 Å². The molecule has 1 saturated carbocycles. The number of hydrogen-bond donors (Lipinski definition) is 1. The number of nitrogens with one attached hydrogen (secondary N) is 1. The van der Waals surface area contributed by atoms with Gasteiger partial charge in [0.15, 0.2) is 0 Å². The normalized spacial score (nSPS) is 22.5. The molecule has 34 heavy (non-hydrogen) atoms. The summed E-state index contributed by atoms with van der Waals surface area (Å²) in [6.07, 6.45) is 1.82. The summed E-state index contributed by atoms with van der Waals surface area (Å²) < 4.78 is 19.0. The maximum Gasteiger partial charge on any atom is 0.252 e. The molecule has 1 N–H and O–H groups in total. The summed E-state index contributed by atoms with van der Waals surface area (Å²) in [5, 5.41) is 4.55. The van der Waals surface area contributed by atoms with Crippen LogP contribution in [0.1, 0.15) is 36.5 Å². The predicted octanol–water partition coefficient (Wildman–Crippen LogP) is 5.51. The summed E-state index contributed by atoms with van der Waals surface area (Å²) in [7, 11) is 0. The zero-order valence-corrected chi connectivity index (χ0v) is 20.0. The van der Waals surface area contributed by atoms with Crippen molar-refractivity contribution in [2.75, 3.05) is 26.2 Å². The second-order valence-corrected chi connectivity index (χ2v) is 9.76. The van der Waals surface area contributed by atoms with Gasteiger partial charge in [0.1, 0.15) is 11.9 Å². The van der Waals surface area contributed by atoms with Gasteiger partial charge in [0.25, 0.3) is 5.91 Å². The number of halogens is 2. The van der Waals surface area contributed by atoms with Crippen molar-refractivity contribution < 1.29 is 13.9 Å². The van der Waals surface area contributed by atoms with E-state index >= 15 is 0 Å². The van der Waals surface area contributed by atoms with Crippen molar-refractivity contribution >= 4 is 28.4 Å². The minimum atomic E-state index is -0.686. The lowest BCUT2D eigenvalue weighted by Crippen LogP contribution is -2.47. The minimum absolute atomic E-state index is 0.102. The Morgan fingerprint density at radius 1 is 1.21 bits per heavy atom. The molecule has 1 saturated heterocycles. The van der Waals surface area contributed by atoms with Crippen molar-refractivity contribution in [3.05, 3.63) is 59.1 Å². The van der Waals surface area contributed by atoms with E-state index < -0.39 is 6.17 Å². The number of alkyl halides is 1. The Morgan fingerprint density at radius 3 is 2.71 bits per heavy atom. The highest BCUT2D eigenvalue weighted by atomic mass is 35.5. The standard InChI is InChI=1S/C27H29ClFN3O2/c1-2-34-22-6-3-18(4-7-22)25-14-24(23-8-5-19(28)13-26(23)31-25)27(33)30-21-11-17(12-21)15-32-10-9-20(29)16-32/h3-8,13-14,17,20-21H,2,9-12,15-16H2,1H3,(H,30,33)/t17?,20-,21?/m0/s1. The first kappa shape index (κ1) is 23.1. The number of ether oxygens (including phenoxy) is 1. The van der Waals surface area contributed by atoms with Gasteiger partial charge in [0.05, 0.1) is 23.4 Å². The average molecular weight is 482 g/mol. The zero-order valence-electron chi connectivity index (χ0n) is 19.3. The lowest BCUT2D eigenvalue weighted by atomic mass is 9.79. The van der Waals surface area contributed by atoms with E-state index in [1.54, 1.807) is 12.1 Å². The molecule has 2 heterocycles. The minimum Gasteiger partial charge on any atom is -0.494 e. The Balaban J connectivity index is 1.33. The maximum absolute atomic E-state index is 13.4. The number of hydrogen-bond acceptors (Lipinski definition) is 4. The van der Waals surface area contributed by atoms with Crippen LogP contribution in [0.2, 0.25) is 5.02 Å². The SMILES string of the molecule is CCOc1ccc(-c2cc(C(=O)NC3CC(CN4CC[C@H](F)C4)C3)c3ccc(Cl)cc3n2)cc1. The van der Waals surface area contributed by atoms with Gasteiger partial charge in [-0.05, 0) is 74.6 Å². The van der Waals surface area contributed by atoms with Crippen LogP contribution in [0.4, 0.5) is 4.39 Å². The molecule has 178 valence electrons. The second kappa shape index (κ2) is 9.88. The Labute approximate surface area is 204 Å². The van der Waals surface area contributed by atoms with E-state index in [4.69, 9.17) is 21.3 Å². The molecule has 5 rings (SSSR count). The molecular formula is C27H29ClFN3O2. The van der Waals surface area contributed by atoms with Crippen molar-refractivity contribution in [1.29, 1.82) is 0 Å². The van der Waals surface area contributed by atoms with E-state index in [1.165, 1.54) is 0 Å². The molecule has 0 spiro atoms. The van der Waals surface area contributed by atoms with Gasteiger partial charge in [0, 0.05) is 41.6 Å². The quantitative estimate of drug-likeness (QED) is 0.483. The van der Waals surface area contributed by atoms with Crippen LogP contribution in [0, 0.1) is 5.92 Å². The molecule has 1 atom stereocenters. The molecule has 1 aromatic heterocycles. The third-order valence-electron chi connectivity index (χ3n) is 6.78. The van der Waals surface area contributed by atoms with E-state index in [1.807, 2.05) is 43.3 Å².